The molecule has 0 unspecified atom stereocenters. The van der Waals surface area contributed by atoms with Gasteiger partial charge in [0, 0.05) is 18.2 Å². The first-order chi connectivity index (χ1) is 15.1. The van der Waals surface area contributed by atoms with Crippen molar-refractivity contribution in [3.63, 3.8) is 0 Å². The first-order valence-corrected chi connectivity index (χ1v) is 10.9. The second-order valence-electron chi connectivity index (χ2n) is 7.60. The molecule has 1 heterocycles. The highest BCUT2D eigenvalue weighted by atomic mass is 16.5. The summed E-state index contributed by atoms with van der Waals surface area (Å²) in [5.74, 6) is 0.240. The van der Waals surface area contributed by atoms with Crippen molar-refractivity contribution in [1.29, 1.82) is 0 Å². The molecule has 0 N–H and O–H groups in total. The van der Waals surface area contributed by atoms with E-state index < -0.39 is 0 Å². The number of aromatic nitrogens is 3. The van der Waals surface area contributed by atoms with Crippen LogP contribution in [0.1, 0.15) is 54.1 Å². The fourth-order valence-electron chi connectivity index (χ4n) is 3.40. The van der Waals surface area contributed by atoms with E-state index in [4.69, 9.17) is 9.47 Å². The van der Waals surface area contributed by atoms with Gasteiger partial charge < -0.3 is 9.47 Å². The van der Waals surface area contributed by atoms with Crippen molar-refractivity contribution in [3.05, 3.63) is 65.2 Å². The Bertz CT molecular complexity index is 980. The molecule has 0 bridgehead atoms. The van der Waals surface area contributed by atoms with E-state index >= 15 is 0 Å². The third kappa shape index (κ3) is 6.01. The van der Waals surface area contributed by atoms with Gasteiger partial charge in [0.25, 0.3) is 5.91 Å². The molecule has 0 aliphatic carbocycles. The van der Waals surface area contributed by atoms with E-state index in [9.17, 15) is 4.79 Å². The van der Waals surface area contributed by atoms with Crippen LogP contribution >= 0.6 is 0 Å². The van der Waals surface area contributed by atoms with Gasteiger partial charge in [-0.1, -0.05) is 62.6 Å². The maximum atomic E-state index is 13.3. The first-order valence-electron chi connectivity index (χ1n) is 10.9. The maximum Gasteiger partial charge on any atom is 0.336 e. The van der Waals surface area contributed by atoms with Crippen LogP contribution in [-0.2, 0) is 11.2 Å². The van der Waals surface area contributed by atoms with Gasteiger partial charge in [0.15, 0.2) is 5.82 Å². The number of carbonyl (C=O) groups is 1. The highest BCUT2D eigenvalue weighted by Gasteiger charge is 2.21. The molecule has 1 aromatic heterocycles. The quantitative estimate of drug-likeness (QED) is 0.404. The lowest BCUT2D eigenvalue weighted by Gasteiger charge is -2.08. The molecule has 0 aliphatic rings. The molecule has 0 radical (unpaired) electrons. The summed E-state index contributed by atoms with van der Waals surface area (Å²) in [6.45, 7) is 4.93. The van der Waals surface area contributed by atoms with E-state index in [2.05, 4.69) is 17.0 Å². The van der Waals surface area contributed by atoms with Gasteiger partial charge in [0.2, 0.25) is 0 Å². The Kier molecular flexibility index (Phi) is 8.35. The summed E-state index contributed by atoms with van der Waals surface area (Å²) in [5.41, 5.74) is 3.67. The maximum absolute atomic E-state index is 13.3. The molecular formula is C25H31N3O3. The van der Waals surface area contributed by atoms with E-state index in [-0.39, 0.29) is 11.9 Å². The first kappa shape index (κ1) is 22.7. The molecule has 2 aromatic carbocycles. The molecule has 0 saturated heterocycles. The van der Waals surface area contributed by atoms with E-state index in [0.717, 1.165) is 17.5 Å². The average molecular weight is 422 g/mol. The number of unbranched alkanes of at least 4 members (excludes halogenated alkanes) is 3. The van der Waals surface area contributed by atoms with Crippen LogP contribution in [0.2, 0.25) is 0 Å². The molecule has 6 heteroatoms. The normalized spacial score (nSPS) is 10.9. The molecule has 31 heavy (non-hydrogen) atoms. The summed E-state index contributed by atoms with van der Waals surface area (Å²) in [5, 5.41) is 4.35. The van der Waals surface area contributed by atoms with Gasteiger partial charge >= 0.3 is 6.01 Å². The topological polar surface area (TPSA) is 66.2 Å². The van der Waals surface area contributed by atoms with Crippen LogP contribution in [0.25, 0.3) is 11.4 Å². The van der Waals surface area contributed by atoms with Crippen molar-refractivity contribution in [2.45, 2.75) is 46.0 Å². The molecule has 0 spiro atoms. The number of hydrogen-bond acceptors (Lipinski definition) is 5. The Morgan fingerprint density at radius 2 is 1.77 bits per heavy atom. The zero-order chi connectivity index (χ0) is 22.1. The minimum absolute atomic E-state index is 0.163. The number of aryl methyl sites for hydroxylation is 2. The van der Waals surface area contributed by atoms with Crippen molar-refractivity contribution < 1.29 is 14.3 Å². The van der Waals surface area contributed by atoms with E-state index in [0.29, 0.717) is 24.6 Å². The van der Waals surface area contributed by atoms with Crippen molar-refractivity contribution in [2.24, 2.45) is 0 Å². The van der Waals surface area contributed by atoms with Gasteiger partial charge in [-0.25, -0.2) is 0 Å². The fraction of sp³-hybridized carbons (Fsp3) is 0.400. The molecule has 0 amide bonds. The van der Waals surface area contributed by atoms with Crippen molar-refractivity contribution in [3.8, 4) is 17.4 Å². The van der Waals surface area contributed by atoms with Gasteiger partial charge in [-0.05, 0) is 43.0 Å². The van der Waals surface area contributed by atoms with Crippen LogP contribution in [0, 0.1) is 6.92 Å². The van der Waals surface area contributed by atoms with E-state index in [1.165, 1.54) is 35.9 Å². The number of carbonyl (C=O) groups excluding carboxylic acids is 1. The molecule has 164 valence electrons. The van der Waals surface area contributed by atoms with Crippen LogP contribution in [0.3, 0.4) is 0 Å². The third-order valence-corrected chi connectivity index (χ3v) is 5.20. The van der Waals surface area contributed by atoms with Crippen LogP contribution in [0.5, 0.6) is 6.01 Å². The van der Waals surface area contributed by atoms with Gasteiger partial charge in [0.05, 0.1) is 6.61 Å². The number of nitrogens with zero attached hydrogens (tertiary/aromatic N) is 3. The second-order valence-corrected chi connectivity index (χ2v) is 7.60. The minimum Gasteiger partial charge on any atom is -0.460 e. The summed E-state index contributed by atoms with van der Waals surface area (Å²) in [7, 11) is 1.60. The lowest BCUT2D eigenvalue weighted by atomic mass is 10.0. The van der Waals surface area contributed by atoms with Crippen LogP contribution in [0.15, 0.2) is 48.5 Å². The van der Waals surface area contributed by atoms with Gasteiger partial charge in [-0.2, -0.15) is 9.67 Å². The summed E-state index contributed by atoms with van der Waals surface area (Å²) in [6, 6.07) is 15.7. The zero-order valence-electron chi connectivity index (χ0n) is 18.6. The van der Waals surface area contributed by atoms with Gasteiger partial charge in [0.1, 0.15) is 6.61 Å². The number of benzene rings is 2. The lowest BCUT2D eigenvalue weighted by molar-refractivity contribution is 0.0943. The summed E-state index contributed by atoms with van der Waals surface area (Å²) in [6.07, 6.45) is 5.93. The lowest BCUT2D eigenvalue weighted by Crippen LogP contribution is -2.16. The van der Waals surface area contributed by atoms with Gasteiger partial charge in [-0.15, -0.1) is 5.10 Å². The Morgan fingerprint density at radius 3 is 2.48 bits per heavy atom. The highest BCUT2D eigenvalue weighted by Crippen LogP contribution is 2.24. The summed E-state index contributed by atoms with van der Waals surface area (Å²) < 4.78 is 11.9. The SMILES string of the molecule is CCCCCCc1ccc(C(=O)n2nc(OCCOC)nc2-c2ccccc2C)cc1. The van der Waals surface area contributed by atoms with E-state index in [1.807, 2.05) is 55.5 Å². The molecular weight excluding hydrogens is 390 g/mol. The monoisotopic (exact) mass is 421 g/mol. The number of ether oxygens (including phenoxy) is 2. The fourth-order valence-corrected chi connectivity index (χ4v) is 3.40. The summed E-state index contributed by atoms with van der Waals surface area (Å²) >= 11 is 0. The standard InChI is InChI=1S/C25H31N3O3/c1-4-5-6-7-11-20-13-15-21(16-14-20)24(29)28-23(22-12-9-8-10-19(22)2)26-25(27-28)31-18-17-30-3/h8-10,12-16H,4-7,11,17-18H2,1-3H3. The molecule has 0 fully saturated rings. The number of hydrogen-bond donors (Lipinski definition) is 0. The third-order valence-electron chi connectivity index (χ3n) is 5.20. The molecule has 0 saturated carbocycles. The number of methoxy groups -OCH3 is 1. The van der Waals surface area contributed by atoms with Crippen molar-refractivity contribution >= 4 is 5.91 Å². The van der Waals surface area contributed by atoms with Crippen LogP contribution in [-0.4, -0.2) is 41.0 Å². The largest absolute Gasteiger partial charge is 0.460 e. The minimum atomic E-state index is -0.232. The molecule has 0 atom stereocenters. The zero-order valence-corrected chi connectivity index (χ0v) is 18.6. The Labute approximate surface area is 184 Å². The smallest absolute Gasteiger partial charge is 0.336 e. The van der Waals surface area contributed by atoms with Gasteiger partial charge in [-0.3, -0.25) is 4.79 Å². The van der Waals surface area contributed by atoms with Crippen molar-refractivity contribution in [1.82, 2.24) is 14.8 Å². The Balaban J connectivity index is 1.84. The Morgan fingerprint density at radius 1 is 1.00 bits per heavy atom. The summed E-state index contributed by atoms with van der Waals surface area (Å²) in [4.78, 5) is 17.8. The average Bonchev–Trinajstić information content (AvgIpc) is 3.21. The van der Waals surface area contributed by atoms with Crippen LogP contribution in [0.4, 0.5) is 0 Å². The number of rotatable bonds is 11. The highest BCUT2D eigenvalue weighted by molar-refractivity contribution is 5.97. The van der Waals surface area contributed by atoms with Crippen molar-refractivity contribution in [2.75, 3.05) is 20.3 Å². The molecule has 3 rings (SSSR count). The predicted octanol–water partition coefficient (Wildman–Crippen LogP) is 5.09. The van der Waals surface area contributed by atoms with E-state index in [1.54, 1.807) is 7.11 Å². The molecule has 0 aliphatic heterocycles. The molecule has 6 nitrogen and oxygen atoms in total. The predicted molar refractivity (Wildman–Crippen MR) is 122 cm³/mol. The second kappa shape index (κ2) is 11.4. The Hall–Kier alpha value is -2.99. The van der Waals surface area contributed by atoms with Crippen LogP contribution < -0.4 is 4.74 Å². The molecule has 3 aromatic rings.